The topological polar surface area (TPSA) is 3.24 Å². The molecule has 0 aliphatic carbocycles. The van der Waals surface area contributed by atoms with E-state index in [0.717, 1.165) is 0 Å². The molecule has 0 aliphatic rings. The van der Waals surface area contributed by atoms with Gasteiger partial charge in [0.1, 0.15) is 0 Å². The van der Waals surface area contributed by atoms with E-state index in [9.17, 15) is 0 Å². The highest BCUT2D eigenvalue weighted by Gasteiger charge is 2.16. The van der Waals surface area contributed by atoms with Gasteiger partial charge in [-0.15, -0.1) is 0 Å². The Bertz CT molecular complexity index is 126. The number of hydrogen-bond donors (Lipinski definition) is 0. The van der Waals surface area contributed by atoms with Crippen LogP contribution in [0.1, 0.15) is 27.7 Å². The molecule has 0 rings (SSSR count). The maximum Gasteiger partial charge on any atom is 0.0139 e. The zero-order valence-corrected chi connectivity index (χ0v) is 8.02. The van der Waals surface area contributed by atoms with Gasteiger partial charge in [0, 0.05) is 25.2 Å². The summed E-state index contributed by atoms with van der Waals surface area (Å²) in [5, 5.41) is 0. The molecular formula is C9H19N. The average Bonchev–Trinajstić information content (AvgIpc) is 1.60. The summed E-state index contributed by atoms with van der Waals surface area (Å²) in [5.41, 5.74) is 1.66. The molecule has 60 valence electrons. The fourth-order valence-electron chi connectivity index (χ4n) is 1.36. The van der Waals surface area contributed by atoms with E-state index in [1.165, 1.54) is 5.70 Å². The number of hydrogen-bond acceptors (Lipinski definition) is 1. The highest BCUT2D eigenvalue weighted by Crippen LogP contribution is 2.25. The Morgan fingerprint density at radius 3 is 1.60 bits per heavy atom. The van der Waals surface area contributed by atoms with Crippen LogP contribution in [-0.4, -0.2) is 19.0 Å². The summed E-state index contributed by atoms with van der Waals surface area (Å²) in [6, 6.07) is 0. The van der Waals surface area contributed by atoms with Gasteiger partial charge in [-0.2, -0.15) is 0 Å². The SMILES string of the molecule is C/C=C(\N(C)C)C(C)(C)C. The van der Waals surface area contributed by atoms with E-state index in [2.05, 4.69) is 52.8 Å². The van der Waals surface area contributed by atoms with Crippen LogP contribution >= 0.6 is 0 Å². The zero-order chi connectivity index (χ0) is 8.36. The lowest BCUT2D eigenvalue weighted by Crippen LogP contribution is -2.23. The largest absolute Gasteiger partial charge is 0.381 e. The molecule has 0 aromatic heterocycles. The van der Waals surface area contributed by atoms with Crippen LogP contribution in [0.15, 0.2) is 11.8 Å². The maximum atomic E-state index is 2.22. The van der Waals surface area contributed by atoms with Crippen molar-refractivity contribution < 1.29 is 0 Å². The summed E-state index contributed by atoms with van der Waals surface area (Å²) in [4.78, 5) is 2.17. The van der Waals surface area contributed by atoms with E-state index in [-0.39, 0.29) is 5.41 Å². The molecule has 0 amide bonds. The highest BCUT2D eigenvalue weighted by molar-refractivity contribution is 5.06. The molecule has 0 saturated heterocycles. The van der Waals surface area contributed by atoms with E-state index in [4.69, 9.17) is 0 Å². The van der Waals surface area contributed by atoms with Gasteiger partial charge in [-0.25, -0.2) is 0 Å². The first-order valence-corrected chi connectivity index (χ1v) is 3.73. The van der Waals surface area contributed by atoms with Gasteiger partial charge >= 0.3 is 0 Å². The first-order valence-electron chi connectivity index (χ1n) is 3.73. The Hall–Kier alpha value is -0.460. The first kappa shape index (κ1) is 9.54. The predicted molar refractivity (Wildman–Crippen MR) is 46.9 cm³/mol. The van der Waals surface area contributed by atoms with Crippen molar-refractivity contribution in [3.63, 3.8) is 0 Å². The van der Waals surface area contributed by atoms with Gasteiger partial charge < -0.3 is 4.90 Å². The van der Waals surface area contributed by atoms with Crippen molar-refractivity contribution in [1.82, 2.24) is 4.90 Å². The van der Waals surface area contributed by atoms with E-state index >= 15 is 0 Å². The smallest absolute Gasteiger partial charge is 0.0139 e. The molecule has 1 heteroatoms. The summed E-state index contributed by atoms with van der Waals surface area (Å²) in [5.74, 6) is 0. The van der Waals surface area contributed by atoms with Crippen LogP contribution in [0.4, 0.5) is 0 Å². The molecule has 0 bridgehead atoms. The van der Waals surface area contributed by atoms with Gasteiger partial charge in [-0.3, -0.25) is 0 Å². The summed E-state index contributed by atoms with van der Waals surface area (Å²) >= 11 is 0. The van der Waals surface area contributed by atoms with Crippen molar-refractivity contribution in [3.8, 4) is 0 Å². The molecule has 0 atom stereocenters. The second kappa shape index (κ2) is 3.09. The molecule has 0 aliphatic heterocycles. The Morgan fingerprint density at radius 1 is 1.20 bits per heavy atom. The lowest BCUT2D eigenvalue weighted by molar-refractivity contribution is 0.352. The lowest BCUT2D eigenvalue weighted by atomic mass is 9.91. The molecule has 0 aromatic carbocycles. The van der Waals surface area contributed by atoms with Gasteiger partial charge in [0.05, 0.1) is 0 Å². The van der Waals surface area contributed by atoms with E-state index in [0.29, 0.717) is 0 Å². The molecule has 0 spiro atoms. The van der Waals surface area contributed by atoms with Crippen molar-refractivity contribution in [2.75, 3.05) is 14.1 Å². The van der Waals surface area contributed by atoms with E-state index in [1.54, 1.807) is 0 Å². The molecule has 0 radical (unpaired) electrons. The average molecular weight is 141 g/mol. The molecule has 0 aromatic rings. The standard InChI is InChI=1S/C9H19N/c1-7-8(10(5)6)9(2,3)4/h7H,1-6H3/b8-7-. The Morgan fingerprint density at radius 2 is 1.60 bits per heavy atom. The fraction of sp³-hybridized carbons (Fsp3) is 0.778. The van der Waals surface area contributed by atoms with Crippen LogP contribution in [0.5, 0.6) is 0 Å². The predicted octanol–water partition coefficient (Wildman–Crippen LogP) is 2.50. The molecule has 0 N–H and O–H groups in total. The molecule has 1 nitrogen and oxygen atoms in total. The maximum absolute atomic E-state index is 2.22. The minimum atomic E-state index is 0.276. The van der Waals surface area contributed by atoms with Crippen molar-refractivity contribution >= 4 is 0 Å². The quantitative estimate of drug-likeness (QED) is 0.542. The van der Waals surface area contributed by atoms with Crippen LogP contribution in [0.2, 0.25) is 0 Å². The van der Waals surface area contributed by atoms with Crippen molar-refractivity contribution in [2.45, 2.75) is 27.7 Å². The summed E-state index contributed by atoms with van der Waals surface area (Å²) in [6.07, 6.45) is 2.17. The van der Waals surface area contributed by atoms with Crippen molar-refractivity contribution in [3.05, 3.63) is 11.8 Å². The molecule has 10 heavy (non-hydrogen) atoms. The zero-order valence-electron chi connectivity index (χ0n) is 8.02. The highest BCUT2D eigenvalue weighted by atomic mass is 15.1. The molecular weight excluding hydrogens is 122 g/mol. The third-order valence-corrected chi connectivity index (χ3v) is 1.52. The summed E-state index contributed by atoms with van der Waals surface area (Å²) < 4.78 is 0. The normalized spacial score (nSPS) is 13.6. The summed E-state index contributed by atoms with van der Waals surface area (Å²) in [7, 11) is 4.17. The molecule has 0 saturated carbocycles. The Balaban J connectivity index is 4.40. The van der Waals surface area contributed by atoms with Gasteiger partial charge in [0.2, 0.25) is 0 Å². The third-order valence-electron chi connectivity index (χ3n) is 1.52. The van der Waals surface area contributed by atoms with Gasteiger partial charge in [-0.05, 0) is 6.92 Å². The van der Waals surface area contributed by atoms with Crippen molar-refractivity contribution in [1.29, 1.82) is 0 Å². The molecule has 0 heterocycles. The summed E-state index contributed by atoms with van der Waals surface area (Å²) in [6.45, 7) is 8.76. The van der Waals surface area contributed by atoms with Gasteiger partial charge in [0.15, 0.2) is 0 Å². The number of allylic oxidation sites excluding steroid dienone is 2. The minimum Gasteiger partial charge on any atom is -0.381 e. The fourth-order valence-corrected chi connectivity index (χ4v) is 1.36. The van der Waals surface area contributed by atoms with Crippen molar-refractivity contribution in [2.24, 2.45) is 5.41 Å². The van der Waals surface area contributed by atoms with Crippen LogP contribution in [0.25, 0.3) is 0 Å². The lowest BCUT2D eigenvalue weighted by Gasteiger charge is -2.29. The van der Waals surface area contributed by atoms with E-state index < -0.39 is 0 Å². The third kappa shape index (κ3) is 2.42. The van der Waals surface area contributed by atoms with Crippen LogP contribution in [0.3, 0.4) is 0 Å². The van der Waals surface area contributed by atoms with Gasteiger partial charge in [-0.1, -0.05) is 26.8 Å². The first-order chi connectivity index (χ1) is 4.39. The van der Waals surface area contributed by atoms with E-state index in [1.807, 2.05) is 0 Å². The van der Waals surface area contributed by atoms with Gasteiger partial charge in [0.25, 0.3) is 0 Å². The monoisotopic (exact) mass is 141 g/mol. The number of nitrogens with zero attached hydrogens (tertiary/aromatic N) is 1. The van der Waals surface area contributed by atoms with Crippen LogP contribution < -0.4 is 0 Å². The second-order valence-electron chi connectivity index (χ2n) is 3.82. The minimum absolute atomic E-state index is 0.276. The second-order valence-corrected chi connectivity index (χ2v) is 3.82. The Labute approximate surface area is 64.7 Å². The molecule has 0 unspecified atom stereocenters. The molecule has 0 fully saturated rings. The number of rotatable bonds is 1. The van der Waals surface area contributed by atoms with Crippen LogP contribution in [0, 0.1) is 5.41 Å². The Kier molecular flexibility index (Phi) is 2.95. The van der Waals surface area contributed by atoms with Crippen LogP contribution in [-0.2, 0) is 0 Å².